The van der Waals surface area contributed by atoms with Crippen LogP contribution in [0.15, 0.2) is 54.7 Å². The molecule has 0 spiro atoms. The van der Waals surface area contributed by atoms with Crippen LogP contribution in [-0.2, 0) is 0 Å². The predicted octanol–water partition coefficient (Wildman–Crippen LogP) is 4.30. The lowest BCUT2D eigenvalue weighted by Crippen LogP contribution is -2.02. The van der Waals surface area contributed by atoms with Crippen LogP contribution in [-0.4, -0.2) is 9.55 Å². The molecule has 0 aliphatic rings. The van der Waals surface area contributed by atoms with E-state index in [0.29, 0.717) is 16.9 Å². The summed E-state index contributed by atoms with van der Waals surface area (Å²) in [5.74, 6) is -0.418. The number of pyridine rings is 1. The summed E-state index contributed by atoms with van der Waals surface area (Å²) in [5, 5.41) is 0. The summed E-state index contributed by atoms with van der Waals surface area (Å²) >= 11 is 0. The second-order valence-corrected chi connectivity index (χ2v) is 4.32. The number of halogens is 1. The lowest BCUT2D eigenvalue weighted by molar-refractivity contribution is 0.628. The van der Waals surface area contributed by atoms with Crippen LogP contribution in [0.1, 0.15) is 19.6 Å². The first kappa shape index (κ1) is 7.39. The Balaban J connectivity index is 2.31. The van der Waals surface area contributed by atoms with Gasteiger partial charge in [0, 0.05) is 31.4 Å². The molecule has 0 fully saturated rings. The van der Waals surface area contributed by atoms with E-state index in [4.69, 9.17) is 8.22 Å². The number of hydrogen-bond acceptors (Lipinski definition) is 1. The molecule has 2 heterocycles. The third kappa shape index (κ3) is 2.11. The van der Waals surface area contributed by atoms with Crippen molar-refractivity contribution in [2.75, 3.05) is 0 Å². The van der Waals surface area contributed by atoms with Crippen LogP contribution in [0.4, 0.5) is 4.39 Å². The summed E-state index contributed by atoms with van der Waals surface area (Å²) in [6.07, 6.45) is 1.51. The quantitative estimate of drug-likeness (QED) is 0.680. The van der Waals surface area contributed by atoms with Gasteiger partial charge in [-0.2, -0.15) is 0 Å². The van der Waals surface area contributed by atoms with Gasteiger partial charge < -0.3 is 4.57 Å². The Morgan fingerprint density at radius 1 is 1.00 bits per heavy atom. The second kappa shape index (κ2) is 4.93. The topological polar surface area (TPSA) is 17.8 Å². The average molecular weight is 272 g/mol. The van der Waals surface area contributed by atoms with Gasteiger partial charge in [0.15, 0.2) is 0 Å². The van der Waals surface area contributed by atoms with Crippen LogP contribution in [0, 0.1) is 19.5 Å². The Morgan fingerprint density at radius 2 is 1.70 bits per heavy atom. The van der Waals surface area contributed by atoms with Gasteiger partial charge in [0.1, 0.15) is 5.82 Å². The van der Waals surface area contributed by atoms with E-state index in [1.165, 1.54) is 47.2 Å². The van der Waals surface area contributed by atoms with Gasteiger partial charge in [0.25, 0.3) is 0 Å². The molecule has 0 bridgehead atoms. The fourth-order valence-corrected chi connectivity index (χ4v) is 2.10. The van der Waals surface area contributed by atoms with Gasteiger partial charge in [-0.25, -0.2) is 4.39 Å². The van der Waals surface area contributed by atoms with E-state index < -0.39 is 19.5 Å². The molecule has 0 aliphatic heterocycles. The van der Waals surface area contributed by atoms with Gasteiger partial charge in [-0.15, -0.1) is 0 Å². The zero-order valence-electron chi connectivity index (χ0n) is 16.5. The van der Waals surface area contributed by atoms with Gasteiger partial charge >= 0.3 is 0 Å². The molecule has 1 aromatic carbocycles. The van der Waals surface area contributed by atoms with Crippen LogP contribution < -0.4 is 0 Å². The molecular formula is C17H15FN2. The highest BCUT2D eigenvalue weighted by Crippen LogP contribution is 2.27. The van der Waals surface area contributed by atoms with Crippen molar-refractivity contribution in [3.8, 4) is 16.9 Å². The molecule has 2 nitrogen and oxygen atoms in total. The molecule has 0 atom stereocenters. The normalized spacial score (nSPS) is 16.4. The van der Waals surface area contributed by atoms with Crippen molar-refractivity contribution < 1.29 is 12.6 Å². The molecule has 0 N–H and O–H groups in total. The molecule has 3 heteroatoms. The van der Waals surface area contributed by atoms with Gasteiger partial charge in [0.05, 0.1) is 11.4 Å². The zero-order valence-corrected chi connectivity index (χ0v) is 10.5. The van der Waals surface area contributed by atoms with Crippen molar-refractivity contribution >= 4 is 0 Å². The summed E-state index contributed by atoms with van der Waals surface area (Å²) in [7, 11) is 0. The van der Waals surface area contributed by atoms with Crippen molar-refractivity contribution in [1.82, 2.24) is 9.55 Å². The summed E-state index contributed by atoms with van der Waals surface area (Å²) in [4.78, 5) is 4.27. The van der Waals surface area contributed by atoms with E-state index in [2.05, 4.69) is 4.98 Å². The molecule has 3 aromatic rings. The van der Waals surface area contributed by atoms with E-state index in [0.717, 1.165) is 0 Å². The average Bonchev–Trinajstić information content (AvgIpc) is 3.01. The predicted molar refractivity (Wildman–Crippen MR) is 78.4 cm³/mol. The number of aryl methyl sites for hydroxylation is 2. The first-order valence-electron chi connectivity index (χ1n) is 9.03. The molecule has 3 rings (SSSR count). The highest BCUT2D eigenvalue weighted by atomic mass is 19.1. The summed E-state index contributed by atoms with van der Waals surface area (Å²) in [6.45, 7) is -5.03. The Kier molecular flexibility index (Phi) is 1.82. The minimum Gasteiger partial charge on any atom is -0.316 e. The SMILES string of the molecule is [2H]C([2H])([2H])c1ccc(C([2H])([2H])[2H])n1-c1cccnc1-c1ccc(F)cc1. The maximum absolute atomic E-state index is 13.2. The lowest BCUT2D eigenvalue weighted by Gasteiger charge is -2.13. The fourth-order valence-electron chi connectivity index (χ4n) is 2.10. The Morgan fingerprint density at radius 3 is 2.35 bits per heavy atom. The van der Waals surface area contributed by atoms with E-state index in [-0.39, 0.29) is 11.4 Å². The molecule has 0 saturated carbocycles. The molecule has 0 radical (unpaired) electrons. The van der Waals surface area contributed by atoms with E-state index >= 15 is 0 Å². The minimum absolute atomic E-state index is 0.125. The molecule has 0 unspecified atom stereocenters. The van der Waals surface area contributed by atoms with Crippen molar-refractivity contribution in [1.29, 1.82) is 0 Å². The van der Waals surface area contributed by atoms with Crippen LogP contribution in [0.25, 0.3) is 16.9 Å². The van der Waals surface area contributed by atoms with Gasteiger partial charge in [-0.3, -0.25) is 4.98 Å². The lowest BCUT2D eigenvalue weighted by atomic mass is 10.1. The maximum Gasteiger partial charge on any atom is 0.123 e. The number of aromatic nitrogens is 2. The van der Waals surface area contributed by atoms with Gasteiger partial charge in [-0.05, 0) is 62.2 Å². The number of hydrogen-bond donors (Lipinski definition) is 0. The highest BCUT2D eigenvalue weighted by Gasteiger charge is 2.11. The monoisotopic (exact) mass is 272 g/mol. The molecule has 2 aromatic heterocycles. The minimum atomic E-state index is -2.51. The largest absolute Gasteiger partial charge is 0.316 e. The van der Waals surface area contributed by atoms with E-state index in [1.807, 2.05) is 0 Å². The highest BCUT2D eigenvalue weighted by molar-refractivity contribution is 5.69. The van der Waals surface area contributed by atoms with Crippen LogP contribution in [0.5, 0.6) is 0 Å². The van der Waals surface area contributed by atoms with Gasteiger partial charge in [-0.1, -0.05) is 0 Å². The maximum atomic E-state index is 13.2. The third-order valence-electron chi connectivity index (χ3n) is 3.03. The second-order valence-electron chi connectivity index (χ2n) is 4.32. The first-order valence-corrected chi connectivity index (χ1v) is 6.03. The molecule has 100 valence electrons. The number of rotatable bonds is 2. The molecule has 0 amide bonds. The smallest absolute Gasteiger partial charge is 0.123 e. The Labute approximate surface area is 126 Å². The molecule has 20 heavy (non-hydrogen) atoms. The van der Waals surface area contributed by atoms with Crippen LogP contribution >= 0.6 is 0 Å². The summed E-state index contributed by atoms with van der Waals surface area (Å²) in [6, 6.07) is 11.3. The first-order chi connectivity index (χ1) is 12.1. The number of benzene rings is 1. The summed E-state index contributed by atoms with van der Waals surface area (Å²) in [5.41, 5.74) is 0.963. The number of nitrogens with zero attached hydrogens (tertiary/aromatic N) is 2. The summed E-state index contributed by atoms with van der Waals surface area (Å²) < 4.78 is 60.9. The van der Waals surface area contributed by atoms with Crippen molar-refractivity contribution in [2.24, 2.45) is 0 Å². The molecule has 0 saturated heterocycles. The van der Waals surface area contributed by atoms with Crippen LogP contribution in [0.2, 0.25) is 0 Å². The Bertz CT molecular complexity index is 894. The molecular weight excluding hydrogens is 251 g/mol. The zero-order chi connectivity index (χ0) is 19.1. The fraction of sp³-hybridized carbons (Fsp3) is 0.118. The van der Waals surface area contributed by atoms with E-state index in [9.17, 15) is 4.39 Å². The third-order valence-corrected chi connectivity index (χ3v) is 3.03. The van der Waals surface area contributed by atoms with Crippen molar-refractivity contribution in [3.63, 3.8) is 0 Å². The van der Waals surface area contributed by atoms with Crippen molar-refractivity contribution in [3.05, 3.63) is 71.9 Å². The van der Waals surface area contributed by atoms with Crippen molar-refractivity contribution in [2.45, 2.75) is 13.7 Å². The Hall–Kier alpha value is -2.42. The van der Waals surface area contributed by atoms with Crippen LogP contribution in [0.3, 0.4) is 0 Å². The molecule has 0 aliphatic carbocycles. The standard InChI is InChI=1S/C17H15FN2/c1-12-5-6-13(2)20(12)16-4-3-11-19-17(16)14-7-9-15(18)10-8-14/h3-11H,1-2H3/i1D3,2D3. The van der Waals surface area contributed by atoms with Gasteiger partial charge in [0.2, 0.25) is 0 Å². The van der Waals surface area contributed by atoms with E-state index in [1.54, 1.807) is 12.1 Å².